The second-order valence-corrected chi connectivity index (χ2v) is 21.7. The number of hydrogen-bond donors (Lipinski definition) is 11. The van der Waals surface area contributed by atoms with Gasteiger partial charge in [-0.1, -0.05) is 21.6 Å². The summed E-state index contributed by atoms with van der Waals surface area (Å²) in [6, 6.07) is 1.46. The molecule has 3 amide bonds. The van der Waals surface area contributed by atoms with Gasteiger partial charge in [-0.25, -0.2) is 24.4 Å². The number of H-pyrrole nitrogens is 1. The number of fused-ring (bicyclic) bond motifs is 5. The molecule has 2 aromatic heterocycles. The molecule has 14 N–H and O–H groups in total. The Bertz CT molecular complexity index is 3100. The third-order valence-corrected chi connectivity index (χ3v) is 16.4. The second kappa shape index (κ2) is 25.3. The van der Waals surface area contributed by atoms with E-state index in [-0.39, 0.29) is 120 Å². The van der Waals surface area contributed by atoms with Crippen molar-refractivity contribution in [2.24, 2.45) is 23.3 Å². The molecular formula is C49H58N12O16S2. The molecule has 0 unspecified atom stereocenters. The molecule has 30 heteroatoms. The highest BCUT2D eigenvalue weighted by molar-refractivity contribution is 8.76. The summed E-state index contributed by atoms with van der Waals surface area (Å²) in [5.41, 5.74) is 17.3. The number of ketones is 4. The molecule has 2 saturated heterocycles. The van der Waals surface area contributed by atoms with E-state index in [1.54, 1.807) is 24.0 Å². The van der Waals surface area contributed by atoms with Crippen LogP contribution in [0.3, 0.4) is 0 Å². The number of nitrogens with two attached hydrogens (primary N) is 3. The van der Waals surface area contributed by atoms with Crippen LogP contribution in [0.1, 0.15) is 74.3 Å². The third-order valence-electron chi connectivity index (χ3n) is 13.9. The zero-order valence-corrected chi connectivity index (χ0v) is 44.2. The molecule has 0 bridgehead atoms. The van der Waals surface area contributed by atoms with Crippen LogP contribution < -0.4 is 44.0 Å². The van der Waals surface area contributed by atoms with Crippen LogP contribution in [-0.4, -0.2) is 167 Å². The molecule has 422 valence electrons. The number of carbonyl (C=O) groups is 10. The molecule has 28 nitrogen and oxygen atoms in total. The van der Waals surface area contributed by atoms with E-state index in [1.165, 1.54) is 36.2 Å². The van der Waals surface area contributed by atoms with Crippen LogP contribution in [0.2, 0.25) is 0 Å². The van der Waals surface area contributed by atoms with E-state index >= 15 is 0 Å². The van der Waals surface area contributed by atoms with E-state index in [9.17, 15) is 68.1 Å². The van der Waals surface area contributed by atoms with Gasteiger partial charge in [0, 0.05) is 78.4 Å². The number of piperazine rings is 1. The van der Waals surface area contributed by atoms with Gasteiger partial charge >= 0.3 is 24.0 Å². The van der Waals surface area contributed by atoms with Crippen LogP contribution in [-0.2, 0) is 54.4 Å². The van der Waals surface area contributed by atoms with Gasteiger partial charge in [0.15, 0.2) is 22.7 Å². The Hall–Kier alpha value is -7.80. The monoisotopic (exact) mass is 1130 g/mol. The van der Waals surface area contributed by atoms with Gasteiger partial charge in [-0.3, -0.25) is 43.3 Å². The van der Waals surface area contributed by atoms with Gasteiger partial charge in [0.2, 0.25) is 17.6 Å². The van der Waals surface area contributed by atoms with Crippen molar-refractivity contribution in [3.8, 4) is 0 Å². The number of aliphatic carboxylic acids is 3. The maximum Gasteiger partial charge on any atom is 0.404 e. The first-order valence-corrected chi connectivity index (χ1v) is 27.3. The predicted molar refractivity (Wildman–Crippen MR) is 281 cm³/mol. The number of anilines is 2. The number of allylic oxidation sites excluding steroid dienone is 2. The minimum Gasteiger partial charge on any atom is -0.481 e. The fraction of sp³-hybridized carbons (Fsp3) is 0.469. The Morgan fingerprint density at radius 1 is 0.937 bits per heavy atom. The van der Waals surface area contributed by atoms with Crippen molar-refractivity contribution in [3.63, 3.8) is 0 Å². The van der Waals surface area contributed by atoms with Crippen LogP contribution in [0.15, 0.2) is 57.7 Å². The Balaban J connectivity index is 0.822. The quantitative estimate of drug-likeness (QED) is 0.0178. The molecule has 79 heavy (non-hydrogen) atoms. The number of ether oxygens (including phenoxy) is 2. The molecule has 0 spiro atoms. The molecule has 4 aliphatic rings. The topological polar surface area (TPSA) is 461 Å². The summed E-state index contributed by atoms with van der Waals surface area (Å²) in [6.07, 6.45) is -1.79. The summed E-state index contributed by atoms with van der Waals surface area (Å²) in [5, 5.41) is 40.3. The van der Waals surface area contributed by atoms with E-state index < -0.39 is 101 Å². The smallest absolute Gasteiger partial charge is 0.404 e. The van der Waals surface area contributed by atoms with Crippen molar-refractivity contribution in [2.75, 3.05) is 42.8 Å². The van der Waals surface area contributed by atoms with Crippen LogP contribution in [0.5, 0.6) is 0 Å². The Labute approximate surface area is 456 Å². The highest BCUT2D eigenvalue weighted by Gasteiger charge is 2.72. The molecule has 5 heterocycles. The Morgan fingerprint density at radius 2 is 1.65 bits per heavy atom. The van der Waals surface area contributed by atoms with Crippen molar-refractivity contribution in [1.82, 2.24) is 40.8 Å². The maximum absolute atomic E-state index is 14.1. The summed E-state index contributed by atoms with van der Waals surface area (Å²) in [6.45, 7) is 1.85. The first-order valence-electron chi connectivity index (χ1n) is 24.8. The lowest BCUT2D eigenvalue weighted by Crippen LogP contribution is -2.55. The van der Waals surface area contributed by atoms with E-state index in [4.69, 9.17) is 26.7 Å². The van der Waals surface area contributed by atoms with Crippen molar-refractivity contribution in [3.05, 3.63) is 74.5 Å². The van der Waals surface area contributed by atoms with Gasteiger partial charge in [-0.2, -0.15) is 4.98 Å². The number of aromatic amines is 1. The zero-order chi connectivity index (χ0) is 57.5. The third kappa shape index (κ3) is 13.6. The maximum atomic E-state index is 14.1. The fourth-order valence-electron chi connectivity index (χ4n) is 9.85. The largest absolute Gasteiger partial charge is 0.481 e. The number of nitrogen functional groups attached to an aromatic ring is 1. The van der Waals surface area contributed by atoms with Gasteiger partial charge < -0.3 is 68.2 Å². The molecular weight excluding hydrogens is 1080 g/mol. The number of Topliss-reactive ketones (excluding diaryl/α,β-unsaturated/α-hetero) is 4. The standard InChI is InChI=1S/C49H58N12O16S2/c1-21-27(39(67)35-28(19-77-48(52)75)49(76-2)40-31(56-40)18-61(49)37(35)38(21)66)4-3-13-78-79-20-32(46(73)74)58-43(69)23(15-34(64)65)14-33(63)29(50)11-9-26(62)10-12-30(45(71)72)57-42(68)22-5-7-24(8-6-22)53-16-25-17-54-41-36(55-25)44(70)60-47(51)59-41/h5-8,17,23,28-32,40,53,56H,3-4,9-16,18-20,50H2,1-2H3,(H2,52,75)(H,57,68)(H,58,69)(H,64,65)(H,71,72)(H,73,74)(H3,51,54,59,60,70)/t23-,28-,29-,30-,31+,32-,40+,49-/m1/s1. The van der Waals surface area contributed by atoms with E-state index in [1.807, 2.05) is 0 Å². The normalized spacial score (nSPS) is 20.6. The first kappa shape index (κ1) is 58.9. The molecule has 3 aromatic rings. The number of nitrogens with zero attached hydrogens (tertiary/aromatic N) is 4. The average molecular weight is 1140 g/mol. The summed E-state index contributed by atoms with van der Waals surface area (Å²) in [4.78, 5) is 156. The Kier molecular flexibility index (Phi) is 18.9. The molecule has 0 saturated carbocycles. The number of primary amides is 1. The molecule has 0 radical (unpaired) electrons. The molecule has 7 rings (SSSR count). The number of nitrogens with one attached hydrogen (secondary N) is 5. The van der Waals surface area contributed by atoms with Crippen molar-refractivity contribution in [1.29, 1.82) is 0 Å². The lowest BCUT2D eigenvalue weighted by Gasteiger charge is -2.39. The summed E-state index contributed by atoms with van der Waals surface area (Å²) in [7, 11) is 3.78. The van der Waals surface area contributed by atoms with Gasteiger partial charge in [0.05, 0.1) is 54.5 Å². The van der Waals surface area contributed by atoms with Crippen molar-refractivity contribution in [2.45, 2.75) is 101 Å². The zero-order valence-electron chi connectivity index (χ0n) is 42.6. The van der Waals surface area contributed by atoms with Gasteiger partial charge in [0.1, 0.15) is 30.3 Å². The lowest BCUT2D eigenvalue weighted by molar-refractivity contribution is -0.144. The lowest BCUT2D eigenvalue weighted by atomic mass is 9.79. The van der Waals surface area contributed by atoms with Gasteiger partial charge in [0.25, 0.3) is 11.5 Å². The summed E-state index contributed by atoms with van der Waals surface area (Å²) >= 11 is 0. The van der Waals surface area contributed by atoms with E-state index in [0.29, 0.717) is 30.1 Å². The van der Waals surface area contributed by atoms with E-state index in [0.717, 1.165) is 10.8 Å². The number of carboxylic acid groups (broad SMARTS) is 3. The molecule has 2 fully saturated rings. The predicted octanol–water partition coefficient (Wildman–Crippen LogP) is -0.225. The molecule has 8 atom stereocenters. The van der Waals surface area contributed by atoms with Gasteiger partial charge in [-0.05, 0) is 56.9 Å². The minimum atomic E-state index is -1.53. The summed E-state index contributed by atoms with van der Waals surface area (Å²) < 4.78 is 11.2. The first-order chi connectivity index (χ1) is 37.5. The van der Waals surface area contributed by atoms with Crippen LogP contribution in [0, 0.1) is 11.8 Å². The number of carboxylic acids is 3. The number of aromatic nitrogens is 4. The van der Waals surface area contributed by atoms with Crippen molar-refractivity contribution < 1.29 is 72.7 Å². The van der Waals surface area contributed by atoms with E-state index in [2.05, 4.69) is 41.2 Å². The highest BCUT2D eigenvalue weighted by atomic mass is 33.1. The second-order valence-electron chi connectivity index (χ2n) is 19.1. The number of rotatable bonds is 30. The van der Waals surface area contributed by atoms with Crippen molar-refractivity contribution >= 4 is 103 Å². The highest BCUT2D eigenvalue weighted by Crippen LogP contribution is 2.56. The number of hydrogen-bond acceptors (Lipinski definition) is 23. The average Bonchev–Trinajstić information content (AvgIpc) is 3.78. The number of amides is 3. The fourth-order valence-corrected chi connectivity index (χ4v) is 12.1. The Morgan fingerprint density at radius 3 is 2.32 bits per heavy atom. The minimum absolute atomic E-state index is 0.00170. The summed E-state index contributed by atoms with van der Waals surface area (Å²) in [5.74, 6) is -10.3. The molecule has 1 aromatic carbocycles. The van der Waals surface area contributed by atoms with Crippen LogP contribution in [0.25, 0.3) is 11.2 Å². The number of benzene rings is 1. The molecule has 1 aliphatic carbocycles. The SMILES string of the molecule is CO[C@@]12[C@H](COC(N)=O)C3=C(C(=O)C(C)=C(CCCSSC[C@@H](NC(=O)[C@@H](CC(=O)O)CC(=O)[C@H](N)CCC(=O)CC[C@@H](NC(=O)c4ccc(NCc5cnc6nc(N)[nH]c(=O)c6n5)cc4)C(=O)O)C(=O)O)C3=O)N1C[C@@H]1N[C@@H]12. The number of carbonyl (C=O) groups excluding carboxylic acids is 7. The van der Waals surface area contributed by atoms with Crippen LogP contribution in [0.4, 0.5) is 16.4 Å². The number of methoxy groups -OCH3 is 1. The van der Waals surface area contributed by atoms with Crippen LogP contribution >= 0.6 is 21.6 Å². The molecule has 3 aliphatic heterocycles. The van der Waals surface area contributed by atoms with Gasteiger partial charge in [-0.15, -0.1) is 0 Å².